The summed E-state index contributed by atoms with van der Waals surface area (Å²) in [5.74, 6) is 0.00776. The first-order chi connectivity index (χ1) is 12.9. The van der Waals surface area contributed by atoms with Crippen LogP contribution < -0.4 is 10.6 Å². The van der Waals surface area contributed by atoms with E-state index in [1.807, 2.05) is 24.7 Å². The van der Waals surface area contributed by atoms with Gasteiger partial charge in [-0.05, 0) is 26.0 Å². The van der Waals surface area contributed by atoms with Crippen LogP contribution in [-0.2, 0) is 11.8 Å². The Hall–Kier alpha value is -2.71. The summed E-state index contributed by atoms with van der Waals surface area (Å²) in [5.41, 5.74) is 1.10. The zero-order valence-corrected chi connectivity index (χ0v) is 16.6. The summed E-state index contributed by atoms with van der Waals surface area (Å²) in [6, 6.07) is 5.92. The summed E-state index contributed by atoms with van der Waals surface area (Å²) in [6.07, 6.45) is 3.55. The molecule has 140 valence electrons. The first-order valence-electron chi connectivity index (χ1n) is 8.18. The van der Waals surface area contributed by atoms with Crippen molar-refractivity contribution in [3.8, 4) is 10.7 Å². The van der Waals surface area contributed by atoms with Crippen molar-refractivity contribution in [3.63, 3.8) is 0 Å². The van der Waals surface area contributed by atoms with Gasteiger partial charge in [-0.2, -0.15) is 0 Å². The summed E-state index contributed by atoms with van der Waals surface area (Å²) in [4.78, 5) is 34.3. The number of nitrogens with one attached hydrogen (secondary N) is 2. The van der Waals surface area contributed by atoms with E-state index in [1.165, 1.54) is 11.3 Å². The monoisotopic (exact) mass is 403 g/mol. The molecule has 3 rings (SSSR count). The second-order valence-electron chi connectivity index (χ2n) is 5.96. The lowest BCUT2D eigenvalue weighted by Crippen LogP contribution is -2.41. The Bertz CT molecular complexity index is 997. The first-order valence-corrected chi connectivity index (χ1v) is 9.37. The van der Waals surface area contributed by atoms with Crippen molar-refractivity contribution in [2.24, 2.45) is 7.05 Å². The van der Waals surface area contributed by atoms with Crippen molar-refractivity contribution in [1.29, 1.82) is 0 Å². The van der Waals surface area contributed by atoms with E-state index < -0.39 is 11.9 Å². The third-order valence-corrected chi connectivity index (χ3v) is 5.31. The summed E-state index contributed by atoms with van der Waals surface area (Å²) in [7, 11) is 1.89. The number of anilines is 1. The Labute approximate surface area is 165 Å². The van der Waals surface area contributed by atoms with E-state index in [0.717, 1.165) is 16.4 Å². The Morgan fingerprint density at radius 3 is 2.70 bits per heavy atom. The summed E-state index contributed by atoms with van der Waals surface area (Å²) >= 11 is 7.35. The van der Waals surface area contributed by atoms with Crippen LogP contribution in [0.3, 0.4) is 0 Å². The van der Waals surface area contributed by atoms with Crippen molar-refractivity contribution in [2.75, 3.05) is 5.32 Å². The average Bonchev–Trinajstić information content (AvgIpc) is 3.20. The van der Waals surface area contributed by atoms with Gasteiger partial charge in [-0.25, -0.2) is 9.97 Å². The number of imidazole rings is 1. The maximum Gasteiger partial charge on any atom is 0.253 e. The maximum atomic E-state index is 12.4. The fraction of sp³-hybridized carbons (Fsp3) is 0.222. The fourth-order valence-electron chi connectivity index (χ4n) is 2.44. The molecule has 2 heterocycles. The number of amides is 2. The van der Waals surface area contributed by atoms with Crippen molar-refractivity contribution in [1.82, 2.24) is 19.9 Å². The summed E-state index contributed by atoms with van der Waals surface area (Å²) < 4.78 is 1.89. The van der Waals surface area contributed by atoms with E-state index >= 15 is 0 Å². The highest BCUT2D eigenvalue weighted by Crippen LogP contribution is 2.31. The van der Waals surface area contributed by atoms with E-state index in [0.29, 0.717) is 15.7 Å². The molecule has 2 N–H and O–H groups in total. The van der Waals surface area contributed by atoms with Crippen molar-refractivity contribution in [3.05, 3.63) is 52.9 Å². The fourth-order valence-corrected chi connectivity index (χ4v) is 3.67. The molecule has 0 saturated heterocycles. The van der Waals surface area contributed by atoms with Gasteiger partial charge >= 0.3 is 0 Å². The zero-order chi connectivity index (χ0) is 19.6. The second kappa shape index (κ2) is 7.89. The molecule has 0 fully saturated rings. The molecular formula is C18H18ClN5O2S. The third kappa shape index (κ3) is 4.17. The van der Waals surface area contributed by atoms with Crippen molar-refractivity contribution < 1.29 is 9.59 Å². The standard InChI is InChI=1S/C18H18ClN5O2S/c1-10-14(15-20-8-9-24(15)3)27-18(22-10)23-16(25)11(2)21-17(26)12-6-4-5-7-13(12)19/h4-9,11H,1-3H3,(H,21,26)(H,22,23,25). The van der Waals surface area contributed by atoms with Gasteiger partial charge in [-0.1, -0.05) is 35.1 Å². The molecule has 1 aromatic carbocycles. The number of aromatic nitrogens is 3. The predicted molar refractivity (Wildman–Crippen MR) is 106 cm³/mol. The molecule has 0 aliphatic rings. The maximum absolute atomic E-state index is 12.4. The molecular weight excluding hydrogens is 386 g/mol. The molecule has 0 radical (unpaired) electrons. The number of nitrogens with zero attached hydrogens (tertiary/aromatic N) is 3. The number of carbonyl (C=O) groups is 2. The molecule has 0 saturated carbocycles. The number of aryl methyl sites for hydroxylation is 2. The molecule has 0 bridgehead atoms. The Morgan fingerprint density at radius 1 is 1.30 bits per heavy atom. The number of thiazole rings is 1. The van der Waals surface area contributed by atoms with Crippen LogP contribution in [0.4, 0.5) is 5.13 Å². The highest BCUT2D eigenvalue weighted by molar-refractivity contribution is 7.19. The van der Waals surface area contributed by atoms with Crippen molar-refractivity contribution in [2.45, 2.75) is 19.9 Å². The van der Waals surface area contributed by atoms with Gasteiger partial charge < -0.3 is 15.2 Å². The van der Waals surface area contributed by atoms with Gasteiger partial charge in [0.1, 0.15) is 6.04 Å². The van der Waals surface area contributed by atoms with Crippen LogP contribution in [0.1, 0.15) is 23.0 Å². The topological polar surface area (TPSA) is 88.9 Å². The van der Waals surface area contributed by atoms with E-state index in [2.05, 4.69) is 20.6 Å². The Morgan fingerprint density at radius 2 is 2.04 bits per heavy atom. The van der Waals surface area contributed by atoms with Crippen LogP contribution >= 0.6 is 22.9 Å². The minimum Gasteiger partial charge on any atom is -0.340 e. The molecule has 0 spiro atoms. The van der Waals surface area contributed by atoms with Gasteiger partial charge in [-0.15, -0.1) is 0 Å². The molecule has 2 aromatic heterocycles. The molecule has 0 aliphatic heterocycles. The average molecular weight is 404 g/mol. The van der Waals surface area contributed by atoms with Crippen LogP contribution in [0.25, 0.3) is 10.7 Å². The van der Waals surface area contributed by atoms with Crippen LogP contribution in [0.5, 0.6) is 0 Å². The molecule has 7 nitrogen and oxygen atoms in total. The number of rotatable bonds is 5. The SMILES string of the molecule is Cc1nc(NC(=O)C(C)NC(=O)c2ccccc2Cl)sc1-c1nccn1C. The largest absolute Gasteiger partial charge is 0.340 e. The lowest BCUT2D eigenvalue weighted by atomic mass is 10.2. The van der Waals surface area contributed by atoms with E-state index in [1.54, 1.807) is 37.4 Å². The molecule has 3 aromatic rings. The molecule has 1 unspecified atom stereocenters. The smallest absolute Gasteiger partial charge is 0.253 e. The van der Waals surface area contributed by atoms with Crippen LogP contribution in [0.2, 0.25) is 5.02 Å². The minimum atomic E-state index is -0.755. The van der Waals surface area contributed by atoms with Gasteiger partial charge in [0.05, 0.1) is 21.2 Å². The lowest BCUT2D eigenvalue weighted by molar-refractivity contribution is -0.117. The molecule has 9 heteroatoms. The second-order valence-corrected chi connectivity index (χ2v) is 7.37. The Kier molecular flexibility index (Phi) is 5.57. The van der Waals surface area contributed by atoms with Crippen LogP contribution in [-0.4, -0.2) is 32.4 Å². The molecule has 0 aliphatic carbocycles. The first kappa shape index (κ1) is 19.1. The van der Waals surface area contributed by atoms with E-state index in [-0.39, 0.29) is 5.91 Å². The quantitative estimate of drug-likeness (QED) is 0.684. The number of hydrogen-bond donors (Lipinski definition) is 2. The minimum absolute atomic E-state index is 0.320. The van der Waals surface area contributed by atoms with Gasteiger partial charge in [-0.3, -0.25) is 9.59 Å². The van der Waals surface area contributed by atoms with Crippen LogP contribution in [0, 0.1) is 6.92 Å². The highest BCUT2D eigenvalue weighted by atomic mass is 35.5. The number of halogens is 1. The highest BCUT2D eigenvalue weighted by Gasteiger charge is 2.20. The zero-order valence-electron chi connectivity index (χ0n) is 15.0. The molecule has 1 atom stereocenters. The van der Waals surface area contributed by atoms with E-state index in [4.69, 9.17) is 11.6 Å². The Balaban J connectivity index is 1.68. The number of benzene rings is 1. The van der Waals surface area contributed by atoms with E-state index in [9.17, 15) is 9.59 Å². The number of hydrogen-bond acceptors (Lipinski definition) is 5. The number of carbonyl (C=O) groups excluding carboxylic acids is 2. The molecule has 2 amide bonds. The lowest BCUT2D eigenvalue weighted by Gasteiger charge is -2.13. The van der Waals surface area contributed by atoms with Gasteiger partial charge in [0.2, 0.25) is 5.91 Å². The van der Waals surface area contributed by atoms with Crippen molar-refractivity contribution >= 4 is 39.9 Å². The normalized spacial score (nSPS) is 11.9. The predicted octanol–water partition coefficient (Wildman–Crippen LogP) is 3.26. The summed E-state index contributed by atoms with van der Waals surface area (Å²) in [5, 5.41) is 6.16. The third-order valence-electron chi connectivity index (χ3n) is 3.91. The molecule has 27 heavy (non-hydrogen) atoms. The van der Waals surface area contributed by atoms with Gasteiger partial charge in [0.25, 0.3) is 5.91 Å². The van der Waals surface area contributed by atoms with Gasteiger partial charge in [0, 0.05) is 19.4 Å². The van der Waals surface area contributed by atoms with Gasteiger partial charge in [0.15, 0.2) is 11.0 Å². The van der Waals surface area contributed by atoms with Crippen LogP contribution in [0.15, 0.2) is 36.7 Å². The summed E-state index contributed by atoms with van der Waals surface area (Å²) in [6.45, 7) is 3.46.